The van der Waals surface area contributed by atoms with Gasteiger partial charge in [0, 0.05) is 43.5 Å². The molecule has 1 aliphatic carbocycles. The summed E-state index contributed by atoms with van der Waals surface area (Å²) in [4.78, 5) is 30.6. The summed E-state index contributed by atoms with van der Waals surface area (Å²) in [6.45, 7) is 4.68. The minimum Gasteiger partial charge on any atom is -0.497 e. The fourth-order valence-electron chi connectivity index (χ4n) is 5.05. The predicted octanol–water partition coefficient (Wildman–Crippen LogP) is 3.96. The van der Waals surface area contributed by atoms with E-state index in [4.69, 9.17) is 4.74 Å². The van der Waals surface area contributed by atoms with Gasteiger partial charge in [0.05, 0.1) is 13.2 Å². The Morgan fingerprint density at radius 2 is 1.72 bits per heavy atom. The molecular formula is C26H33N3O3. The molecule has 0 radical (unpaired) electrons. The number of benzene rings is 2. The molecule has 2 fully saturated rings. The van der Waals surface area contributed by atoms with Crippen LogP contribution in [0.5, 0.6) is 5.75 Å². The maximum absolute atomic E-state index is 13.4. The minimum atomic E-state index is -0.167. The molecule has 1 saturated heterocycles. The van der Waals surface area contributed by atoms with E-state index in [0.717, 1.165) is 35.4 Å². The van der Waals surface area contributed by atoms with Crippen molar-refractivity contribution in [2.24, 2.45) is 5.92 Å². The maximum Gasteiger partial charge on any atom is 0.254 e. The molecule has 1 heterocycles. The molecule has 0 bridgehead atoms. The molecule has 1 unspecified atom stereocenters. The average molecular weight is 436 g/mol. The Kier molecular flexibility index (Phi) is 7.10. The van der Waals surface area contributed by atoms with Crippen LogP contribution >= 0.6 is 0 Å². The second kappa shape index (κ2) is 10.2. The summed E-state index contributed by atoms with van der Waals surface area (Å²) in [5, 5.41) is 3.12. The number of methoxy groups -OCH3 is 1. The summed E-state index contributed by atoms with van der Waals surface area (Å²) in [6.07, 6.45) is 4.52. The molecule has 1 saturated carbocycles. The van der Waals surface area contributed by atoms with Crippen LogP contribution in [0.3, 0.4) is 0 Å². The van der Waals surface area contributed by atoms with Crippen LogP contribution in [0.25, 0.3) is 0 Å². The van der Waals surface area contributed by atoms with Crippen molar-refractivity contribution < 1.29 is 14.3 Å². The lowest BCUT2D eigenvalue weighted by atomic mass is 9.94. The van der Waals surface area contributed by atoms with Gasteiger partial charge in [-0.2, -0.15) is 0 Å². The second-order valence-corrected chi connectivity index (χ2v) is 8.85. The number of amides is 2. The number of anilines is 1. The summed E-state index contributed by atoms with van der Waals surface area (Å²) in [5.41, 5.74) is 2.52. The van der Waals surface area contributed by atoms with Gasteiger partial charge < -0.3 is 15.0 Å². The van der Waals surface area contributed by atoms with E-state index in [1.807, 2.05) is 60.4 Å². The van der Waals surface area contributed by atoms with Crippen molar-refractivity contribution in [2.75, 3.05) is 38.6 Å². The summed E-state index contributed by atoms with van der Waals surface area (Å²) < 4.78 is 5.29. The van der Waals surface area contributed by atoms with Crippen LogP contribution in [0.15, 0.2) is 48.5 Å². The maximum atomic E-state index is 13.4. The molecule has 6 nitrogen and oxygen atoms in total. The standard InChI is InChI=1S/C26H33N3O3/c1-19-8-3-6-13-23(19)26(31)29-16-14-28(15-17-29)24(20-9-4-5-10-20)25(30)27-21-11-7-12-22(18-21)32-2/h3,6-8,11-13,18,20,24H,4-5,9-10,14-17H2,1-2H3,(H,27,30). The molecule has 4 rings (SSSR count). The summed E-state index contributed by atoms with van der Waals surface area (Å²) in [6, 6.07) is 15.1. The zero-order valence-corrected chi connectivity index (χ0v) is 19.0. The molecule has 1 N–H and O–H groups in total. The zero-order valence-electron chi connectivity index (χ0n) is 19.0. The molecule has 2 aromatic rings. The third-order valence-electron chi connectivity index (χ3n) is 6.82. The Balaban J connectivity index is 1.44. The number of nitrogens with one attached hydrogen (secondary N) is 1. The van der Waals surface area contributed by atoms with Crippen molar-refractivity contribution in [1.82, 2.24) is 9.80 Å². The fraction of sp³-hybridized carbons (Fsp3) is 0.462. The van der Waals surface area contributed by atoms with Crippen molar-refractivity contribution in [3.8, 4) is 5.75 Å². The minimum absolute atomic E-state index is 0.0452. The number of rotatable bonds is 6. The number of ether oxygens (including phenoxy) is 1. The highest BCUT2D eigenvalue weighted by Crippen LogP contribution is 2.32. The Morgan fingerprint density at radius 1 is 1.00 bits per heavy atom. The van der Waals surface area contributed by atoms with E-state index in [1.54, 1.807) is 7.11 Å². The highest BCUT2D eigenvalue weighted by molar-refractivity contribution is 5.96. The largest absolute Gasteiger partial charge is 0.497 e. The molecule has 1 atom stereocenters. The van der Waals surface area contributed by atoms with Gasteiger partial charge in [-0.15, -0.1) is 0 Å². The smallest absolute Gasteiger partial charge is 0.254 e. The lowest BCUT2D eigenvalue weighted by Crippen LogP contribution is -2.57. The van der Waals surface area contributed by atoms with E-state index in [1.165, 1.54) is 12.8 Å². The van der Waals surface area contributed by atoms with Crippen LogP contribution in [-0.4, -0.2) is 60.9 Å². The molecule has 0 spiro atoms. The summed E-state index contributed by atoms with van der Waals surface area (Å²) in [5.74, 6) is 1.22. The molecule has 2 aliphatic rings. The van der Waals surface area contributed by atoms with Gasteiger partial charge in [-0.3, -0.25) is 14.5 Å². The van der Waals surface area contributed by atoms with Crippen molar-refractivity contribution in [1.29, 1.82) is 0 Å². The molecule has 2 aromatic carbocycles. The summed E-state index contributed by atoms with van der Waals surface area (Å²) >= 11 is 0. The first kappa shape index (κ1) is 22.3. The number of piperazine rings is 1. The van der Waals surface area contributed by atoms with E-state index in [0.29, 0.717) is 32.1 Å². The van der Waals surface area contributed by atoms with Crippen LogP contribution in [0.4, 0.5) is 5.69 Å². The highest BCUT2D eigenvalue weighted by atomic mass is 16.5. The van der Waals surface area contributed by atoms with Crippen molar-refractivity contribution >= 4 is 17.5 Å². The molecule has 1 aliphatic heterocycles. The van der Waals surface area contributed by atoms with Crippen LogP contribution in [0.1, 0.15) is 41.6 Å². The lowest BCUT2D eigenvalue weighted by molar-refractivity contribution is -0.123. The first-order valence-electron chi connectivity index (χ1n) is 11.6. The normalized spacial score (nSPS) is 18.4. The first-order valence-corrected chi connectivity index (χ1v) is 11.6. The van der Waals surface area contributed by atoms with Crippen LogP contribution in [0, 0.1) is 12.8 Å². The van der Waals surface area contributed by atoms with Crippen LogP contribution < -0.4 is 10.1 Å². The van der Waals surface area contributed by atoms with Crippen molar-refractivity contribution in [3.63, 3.8) is 0 Å². The van der Waals surface area contributed by atoms with E-state index in [9.17, 15) is 9.59 Å². The molecular weight excluding hydrogens is 402 g/mol. The molecule has 6 heteroatoms. The van der Waals surface area contributed by atoms with E-state index < -0.39 is 0 Å². The number of hydrogen-bond donors (Lipinski definition) is 1. The molecule has 32 heavy (non-hydrogen) atoms. The van der Waals surface area contributed by atoms with Gasteiger partial charge in [-0.05, 0) is 49.4 Å². The van der Waals surface area contributed by atoms with Gasteiger partial charge in [0.15, 0.2) is 0 Å². The second-order valence-electron chi connectivity index (χ2n) is 8.85. The zero-order chi connectivity index (χ0) is 22.5. The number of hydrogen-bond acceptors (Lipinski definition) is 4. The van der Waals surface area contributed by atoms with Gasteiger partial charge in [0.1, 0.15) is 5.75 Å². The van der Waals surface area contributed by atoms with Crippen LogP contribution in [0.2, 0.25) is 0 Å². The van der Waals surface area contributed by atoms with Crippen molar-refractivity contribution in [2.45, 2.75) is 38.6 Å². The van der Waals surface area contributed by atoms with E-state index in [2.05, 4.69) is 10.2 Å². The molecule has 170 valence electrons. The number of nitrogens with zero attached hydrogens (tertiary/aromatic N) is 2. The average Bonchev–Trinajstić information content (AvgIpc) is 3.34. The number of aryl methyl sites for hydroxylation is 1. The topological polar surface area (TPSA) is 61.9 Å². The Morgan fingerprint density at radius 3 is 2.41 bits per heavy atom. The van der Waals surface area contributed by atoms with Crippen LogP contribution in [-0.2, 0) is 4.79 Å². The Labute approximate surface area is 190 Å². The Bertz CT molecular complexity index is 947. The number of carbonyl (C=O) groups excluding carboxylic acids is 2. The van der Waals surface area contributed by atoms with Gasteiger partial charge in [-0.1, -0.05) is 37.1 Å². The van der Waals surface area contributed by atoms with Gasteiger partial charge in [0.2, 0.25) is 5.91 Å². The summed E-state index contributed by atoms with van der Waals surface area (Å²) in [7, 11) is 1.62. The third-order valence-corrected chi connectivity index (χ3v) is 6.82. The van der Waals surface area contributed by atoms with Gasteiger partial charge in [-0.25, -0.2) is 0 Å². The first-order chi connectivity index (χ1) is 15.6. The quantitative estimate of drug-likeness (QED) is 0.746. The number of carbonyl (C=O) groups is 2. The molecule has 0 aromatic heterocycles. The van der Waals surface area contributed by atoms with Crippen molar-refractivity contribution in [3.05, 3.63) is 59.7 Å². The van der Waals surface area contributed by atoms with E-state index >= 15 is 0 Å². The Hall–Kier alpha value is -2.86. The molecule has 2 amide bonds. The third kappa shape index (κ3) is 4.96. The lowest BCUT2D eigenvalue weighted by Gasteiger charge is -2.41. The highest BCUT2D eigenvalue weighted by Gasteiger charge is 2.37. The van der Waals surface area contributed by atoms with Gasteiger partial charge >= 0.3 is 0 Å². The predicted molar refractivity (Wildman–Crippen MR) is 126 cm³/mol. The monoisotopic (exact) mass is 435 g/mol. The van der Waals surface area contributed by atoms with Gasteiger partial charge in [0.25, 0.3) is 5.91 Å². The van der Waals surface area contributed by atoms with E-state index in [-0.39, 0.29) is 17.9 Å². The fourth-order valence-corrected chi connectivity index (χ4v) is 5.05. The SMILES string of the molecule is COc1cccc(NC(=O)C(C2CCCC2)N2CCN(C(=O)c3ccccc3C)CC2)c1.